The fourth-order valence-electron chi connectivity index (χ4n) is 6.95. The van der Waals surface area contributed by atoms with Gasteiger partial charge in [-0.15, -0.1) is 0 Å². The van der Waals surface area contributed by atoms with Crippen molar-refractivity contribution in [1.82, 2.24) is 30.6 Å². The predicted octanol–water partition coefficient (Wildman–Crippen LogP) is 2.13. The lowest BCUT2D eigenvalue weighted by molar-refractivity contribution is -0.141. The topological polar surface area (TPSA) is 194 Å². The second kappa shape index (κ2) is 14.4. The number of hydrogen-bond acceptors (Lipinski definition) is 11. The summed E-state index contributed by atoms with van der Waals surface area (Å²) in [4.78, 5) is 61.0. The zero-order valence-corrected chi connectivity index (χ0v) is 30.3. The number of carbonyl (C=O) groups excluding carboxylic acids is 4. The van der Waals surface area contributed by atoms with Crippen LogP contribution in [0.2, 0.25) is 0 Å². The van der Waals surface area contributed by atoms with E-state index in [2.05, 4.69) is 25.7 Å². The molecule has 16 heteroatoms. The second-order valence-corrected chi connectivity index (χ2v) is 16.9. The highest BCUT2D eigenvalue weighted by Crippen LogP contribution is 2.48. The number of nitrogens with one attached hydrogen (secondary N) is 4. The molecule has 3 heterocycles. The van der Waals surface area contributed by atoms with Crippen molar-refractivity contribution < 1.29 is 41.8 Å². The molecule has 15 nitrogen and oxygen atoms in total. The summed E-state index contributed by atoms with van der Waals surface area (Å²) in [5.74, 6) is -1.18. The molecule has 2 saturated heterocycles. The van der Waals surface area contributed by atoms with Crippen LogP contribution in [-0.4, -0.2) is 103 Å². The Kier molecular flexibility index (Phi) is 10.4. The van der Waals surface area contributed by atoms with Crippen LogP contribution in [0.25, 0.3) is 10.8 Å². The van der Waals surface area contributed by atoms with Gasteiger partial charge in [0.1, 0.15) is 35.1 Å². The molecule has 1 aromatic heterocycles. The standard InChI is InChI=1S/C35H48N6O9S/c1-34(2,3)50-33(45)38-27-19-36-14-7-5-6-8-22-18-35(22,32(44)40-51(46,47)25-10-11-25)39-29(42)28-17-24(20-41(28)31(27)43)49-30-26-12-9-23(48-4)16-21(26)13-15-37-30/h9,12-13,15-16,22,24-25,27-28,36H,5-8,10-11,14,17-20H2,1-4H3,(H,38,45)(H,39,42)(H,40,44)/t22-,24-,27+,28+,35-/m1/s1. The van der Waals surface area contributed by atoms with Crippen molar-refractivity contribution in [1.29, 1.82) is 0 Å². The Morgan fingerprint density at radius 2 is 1.86 bits per heavy atom. The van der Waals surface area contributed by atoms with Crippen LogP contribution in [0.4, 0.5) is 4.79 Å². The van der Waals surface area contributed by atoms with Gasteiger partial charge in [0.2, 0.25) is 27.7 Å². The van der Waals surface area contributed by atoms with E-state index in [1.807, 2.05) is 18.2 Å². The van der Waals surface area contributed by atoms with Crippen LogP contribution in [0, 0.1) is 5.92 Å². The van der Waals surface area contributed by atoms with Gasteiger partial charge >= 0.3 is 6.09 Å². The summed E-state index contributed by atoms with van der Waals surface area (Å²) in [5.41, 5.74) is -2.23. The molecule has 4 fully saturated rings. The number of methoxy groups -OCH3 is 1. The third kappa shape index (κ3) is 8.49. The molecule has 0 unspecified atom stereocenters. The molecule has 2 saturated carbocycles. The number of carbonyl (C=O) groups is 4. The van der Waals surface area contributed by atoms with Gasteiger partial charge in [0.15, 0.2) is 0 Å². The second-order valence-electron chi connectivity index (χ2n) is 15.0. The number of rotatable bonds is 7. The van der Waals surface area contributed by atoms with Gasteiger partial charge in [0, 0.05) is 24.5 Å². The maximum Gasteiger partial charge on any atom is 0.408 e. The van der Waals surface area contributed by atoms with Crippen LogP contribution >= 0.6 is 0 Å². The number of hydrogen-bond donors (Lipinski definition) is 4. The van der Waals surface area contributed by atoms with E-state index in [0.717, 1.165) is 24.6 Å². The Balaban J connectivity index is 1.30. The quantitative estimate of drug-likeness (QED) is 0.326. The molecule has 1 aromatic carbocycles. The molecular weight excluding hydrogens is 680 g/mol. The summed E-state index contributed by atoms with van der Waals surface area (Å²) in [6.07, 6.45) is 4.42. The minimum Gasteiger partial charge on any atom is -0.497 e. The Morgan fingerprint density at radius 1 is 1.08 bits per heavy atom. The molecule has 2 aromatic rings. The van der Waals surface area contributed by atoms with Gasteiger partial charge in [0.25, 0.3) is 5.91 Å². The van der Waals surface area contributed by atoms with Crippen LogP contribution in [0.1, 0.15) is 72.1 Å². The van der Waals surface area contributed by atoms with Crippen molar-refractivity contribution in [3.05, 3.63) is 30.5 Å². The number of pyridine rings is 1. The minimum absolute atomic E-state index is 0.0175. The first-order chi connectivity index (χ1) is 24.2. The number of aromatic nitrogens is 1. The summed E-state index contributed by atoms with van der Waals surface area (Å²) in [5, 5.41) is 9.77. The molecule has 4 N–H and O–H groups in total. The van der Waals surface area contributed by atoms with Gasteiger partial charge in [-0.25, -0.2) is 18.2 Å². The molecule has 4 aliphatic rings. The summed E-state index contributed by atoms with van der Waals surface area (Å²) in [6.45, 7) is 5.80. The molecular formula is C35H48N6O9S. The minimum atomic E-state index is -3.87. The number of benzene rings is 1. The fraction of sp³-hybridized carbons (Fsp3) is 0.629. The molecule has 0 spiro atoms. The third-order valence-corrected chi connectivity index (χ3v) is 11.7. The number of alkyl carbamates (subject to hydrolysis) is 1. The Labute approximate surface area is 298 Å². The monoisotopic (exact) mass is 728 g/mol. The Bertz CT molecular complexity index is 1780. The zero-order valence-electron chi connectivity index (χ0n) is 29.5. The normalized spacial score (nSPS) is 27.6. The highest BCUT2D eigenvalue weighted by Gasteiger charge is 2.62. The van der Waals surface area contributed by atoms with Gasteiger partial charge < -0.3 is 35.1 Å². The smallest absolute Gasteiger partial charge is 0.408 e. The van der Waals surface area contributed by atoms with Gasteiger partial charge in [-0.05, 0) is 95.0 Å². The Morgan fingerprint density at radius 3 is 2.59 bits per heavy atom. The van der Waals surface area contributed by atoms with Crippen molar-refractivity contribution >= 4 is 44.6 Å². The average molecular weight is 729 g/mol. The number of ether oxygens (including phenoxy) is 3. The lowest BCUT2D eigenvalue weighted by atomic mass is 10.1. The van der Waals surface area contributed by atoms with Crippen molar-refractivity contribution in [3.63, 3.8) is 0 Å². The summed E-state index contributed by atoms with van der Waals surface area (Å²) >= 11 is 0. The van der Waals surface area contributed by atoms with E-state index < -0.39 is 68.4 Å². The van der Waals surface area contributed by atoms with Crippen LogP contribution in [0.3, 0.4) is 0 Å². The summed E-state index contributed by atoms with van der Waals surface area (Å²) in [7, 11) is -2.29. The largest absolute Gasteiger partial charge is 0.497 e. The van der Waals surface area contributed by atoms with Crippen LogP contribution < -0.4 is 30.1 Å². The molecule has 51 heavy (non-hydrogen) atoms. The molecule has 5 atom stereocenters. The van der Waals surface area contributed by atoms with E-state index in [0.29, 0.717) is 42.8 Å². The van der Waals surface area contributed by atoms with Crippen molar-refractivity contribution in [2.75, 3.05) is 26.7 Å². The predicted molar refractivity (Wildman–Crippen MR) is 186 cm³/mol. The number of sulfonamides is 1. The van der Waals surface area contributed by atoms with E-state index in [1.54, 1.807) is 40.1 Å². The van der Waals surface area contributed by atoms with E-state index in [4.69, 9.17) is 14.2 Å². The SMILES string of the molecule is COc1ccc2c(O[C@@H]3C[C@H]4C(=O)N[C@]5(C(=O)NS(=O)(=O)C6CC6)C[C@H]5CCCCCNC[C@H](NC(=O)OC(C)(C)C)C(=O)N4C3)nccc2c1. The van der Waals surface area contributed by atoms with E-state index >= 15 is 0 Å². The number of amides is 4. The Hall–Kier alpha value is -4.18. The summed E-state index contributed by atoms with van der Waals surface area (Å²) < 4.78 is 45.0. The number of fused-ring (bicyclic) bond motifs is 3. The van der Waals surface area contributed by atoms with Gasteiger partial charge in [0.05, 0.1) is 18.9 Å². The maximum atomic E-state index is 14.4. The zero-order chi connectivity index (χ0) is 36.6. The van der Waals surface area contributed by atoms with Gasteiger partial charge in [-0.2, -0.15) is 0 Å². The molecule has 278 valence electrons. The lowest BCUT2D eigenvalue weighted by Gasteiger charge is -2.30. The highest BCUT2D eigenvalue weighted by atomic mass is 32.2. The van der Waals surface area contributed by atoms with E-state index in [9.17, 15) is 27.6 Å². The summed E-state index contributed by atoms with van der Waals surface area (Å²) in [6, 6.07) is 5.08. The molecule has 6 rings (SSSR count). The van der Waals surface area contributed by atoms with E-state index in [-0.39, 0.29) is 31.8 Å². The molecule has 0 radical (unpaired) electrons. The first-order valence-electron chi connectivity index (χ1n) is 17.7. The first kappa shape index (κ1) is 36.6. The van der Waals surface area contributed by atoms with E-state index in [1.165, 1.54) is 4.90 Å². The lowest BCUT2D eigenvalue weighted by Crippen LogP contribution is -2.59. The van der Waals surface area contributed by atoms with Crippen LogP contribution in [0.15, 0.2) is 30.5 Å². The van der Waals surface area contributed by atoms with Crippen molar-refractivity contribution in [2.24, 2.45) is 5.92 Å². The highest BCUT2D eigenvalue weighted by molar-refractivity contribution is 7.91. The maximum absolute atomic E-state index is 14.4. The third-order valence-electron chi connectivity index (χ3n) is 9.86. The fourth-order valence-corrected chi connectivity index (χ4v) is 8.31. The molecule has 2 aliphatic carbocycles. The van der Waals surface area contributed by atoms with Crippen molar-refractivity contribution in [3.8, 4) is 11.6 Å². The van der Waals surface area contributed by atoms with Crippen LogP contribution in [-0.2, 0) is 29.1 Å². The van der Waals surface area contributed by atoms with Gasteiger partial charge in [-0.3, -0.25) is 19.1 Å². The first-order valence-corrected chi connectivity index (χ1v) is 19.2. The number of nitrogens with zero attached hydrogens (tertiary/aromatic N) is 2. The van der Waals surface area contributed by atoms with Crippen LogP contribution in [0.5, 0.6) is 11.6 Å². The molecule has 4 amide bonds. The van der Waals surface area contributed by atoms with Crippen molar-refractivity contribution in [2.45, 2.75) is 107 Å². The molecule has 2 aliphatic heterocycles. The molecule has 0 bridgehead atoms. The van der Waals surface area contributed by atoms with Gasteiger partial charge in [-0.1, -0.05) is 12.8 Å². The average Bonchev–Trinajstić information content (AvgIpc) is 3.99.